The number of sulfonamides is 1. The van der Waals surface area contributed by atoms with E-state index in [0.717, 1.165) is 0 Å². The van der Waals surface area contributed by atoms with Gasteiger partial charge in [0, 0.05) is 17.1 Å². The largest absolute Gasteiger partial charge is 0.295 e. The van der Waals surface area contributed by atoms with E-state index in [1.807, 2.05) is 0 Å². The number of carbonyl (C=O) groups excluding carboxylic acids is 1. The second-order valence-electron chi connectivity index (χ2n) is 4.85. The average Bonchev–Trinajstić information content (AvgIpc) is 2.53. The highest BCUT2D eigenvalue weighted by atomic mass is 35.5. The molecule has 0 aromatic heterocycles. The molecular weight excluding hydrogens is 409 g/mol. The van der Waals surface area contributed by atoms with Crippen molar-refractivity contribution in [1.29, 1.82) is 0 Å². The smallest absolute Gasteiger partial charge is 0.269 e. The number of carbonyl (C=O) groups is 1. The van der Waals surface area contributed by atoms with Crippen molar-refractivity contribution < 1.29 is 13.2 Å². The fraction of sp³-hybridized carbons (Fsp3) is 0.133. The molecule has 6 nitrogen and oxygen atoms in total. The first-order chi connectivity index (χ1) is 11.7. The molecule has 0 spiro atoms. The van der Waals surface area contributed by atoms with Crippen LogP contribution in [-0.4, -0.2) is 20.9 Å². The minimum absolute atomic E-state index is 0.0719. The summed E-state index contributed by atoms with van der Waals surface area (Å²) in [5.41, 5.74) is 5.61. The van der Waals surface area contributed by atoms with Crippen LogP contribution in [0.4, 0.5) is 5.69 Å². The van der Waals surface area contributed by atoms with E-state index in [9.17, 15) is 13.2 Å². The van der Waals surface area contributed by atoms with E-state index >= 15 is 0 Å². The van der Waals surface area contributed by atoms with Gasteiger partial charge in [0.05, 0.1) is 20.6 Å². The first-order valence-electron chi connectivity index (χ1n) is 7.05. The molecule has 10 heteroatoms. The van der Waals surface area contributed by atoms with E-state index in [0.29, 0.717) is 10.7 Å². The summed E-state index contributed by atoms with van der Waals surface area (Å²) in [7, 11) is -3.57. The molecule has 0 heterocycles. The molecule has 0 aliphatic rings. The molecule has 0 radical (unpaired) electrons. The van der Waals surface area contributed by atoms with Crippen LogP contribution in [0.2, 0.25) is 15.1 Å². The molecule has 0 unspecified atom stereocenters. The van der Waals surface area contributed by atoms with Crippen molar-refractivity contribution in [2.45, 2.75) is 11.8 Å². The molecule has 2 aromatic rings. The zero-order valence-electron chi connectivity index (χ0n) is 12.9. The third-order valence-electron chi connectivity index (χ3n) is 3.07. The second kappa shape index (κ2) is 8.25. The SMILES string of the molecule is CCNS(=O)(=O)c1ccc(C(=O)NNc2c(Cl)cc(Cl)cc2Cl)cc1. The maximum atomic E-state index is 12.1. The molecule has 0 aliphatic heterocycles. The second-order valence-corrected chi connectivity index (χ2v) is 7.87. The van der Waals surface area contributed by atoms with E-state index in [1.165, 1.54) is 36.4 Å². The highest BCUT2D eigenvalue weighted by Gasteiger charge is 2.14. The number of nitrogens with one attached hydrogen (secondary N) is 3. The van der Waals surface area contributed by atoms with Crippen LogP contribution in [0.3, 0.4) is 0 Å². The molecule has 0 aliphatic carbocycles. The van der Waals surface area contributed by atoms with Crippen molar-refractivity contribution >= 4 is 56.4 Å². The van der Waals surface area contributed by atoms with E-state index in [1.54, 1.807) is 6.92 Å². The quantitative estimate of drug-likeness (QED) is 0.619. The van der Waals surface area contributed by atoms with Crippen LogP contribution in [-0.2, 0) is 10.0 Å². The zero-order chi connectivity index (χ0) is 18.6. The number of hydrogen-bond acceptors (Lipinski definition) is 4. The van der Waals surface area contributed by atoms with Crippen molar-refractivity contribution in [3.8, 4) is 0 Å². The van der Waals surface area contributed by atoms with Crippen molar-refractivity contribution in [2.75, 3.05) is 12.0 Å². The van der Waals surface area contributed by atoms with Crippen molar-refractivity contribution in [3.63, 3.8) is 0 Å². The van der Waals surface area contributed by atoms with Crippen LogP contribution in [0.25, 0.3) is 0 Å². The van der Waals surface area contributed by atoms with Gasteiger partial charge >= 0.3 is 0 Å². The Balaban J connectivity index is 2.10. The van der Waals surface area contributed by atoms with Gasteiger partial charge < -0.3 is 0 Å². The molecular formula is C15H14Cl3N3O3S. The minimum Gasteiger partial charge on any atom is -0.295 e. The molecule has 0 bridgehead atoms. The Hall–Kier alpha value is -1.51. The number of amides is 1. The highest BCUT2D eigenvalue weighted by Crippen LogP contribution is 2.33. The monoisotopic (exact) mass is 421 g/mol. The summed E-state index contributed by atoms with van der Waals surface area (Å²) in [6.07, 6.45) is 0. The topological polar surface area (TPSA) is 87.3 Å². The molecule has 0 fully saturated rings. The minimum atomic E-state index is -3.57. The standard InChI is InChI=1S/C15H14Cl3N3O3S/c1-2-19-25(23,24)11-5-3-9(4-6-11)15(22)21-20-14-12(17)7-10(16)8-13(14)18/h3-8,19-20H,2H2,1H3,(H,21,22). The molecule has 2 rings (SSSR count). The first kappa shape index (κ1) is 19.8. The number of anilines is 1. The Morgan fingerprint density at radius 2 is 1.60 bits per heavy atom. The number of rotatable bonds is 6. The summed E-state index contributed by atoms with van der Waals surface area (Å²) in [6, 6.07) is 8.43. The lowest BCUT2D eigenvalue weighted by atomic mass is 10.2. The molecule has 2 aromatic carbocycles. The molecule has 134 valence electrons. The number of hydrogen-bond donors (Lipinski definition) is 3. The van der Waals surface area contributed by atoms with Crippen LogP contribution >= 0.6 is 34.8 Å². The van der Waals surface area contributed by atoms with Gasteiger partial charge in [-0.3, -0.25) is 15.6 Å². The van der Waals surface area contributed by atoms with Gasteiger partial charge in [-0.05, 0) is 36.4 Å². The van der Waals surface area contributed by atoms with Crippen LogP contribution in [0, 0.1) is 0 Å². The molecule has 1 amide bonds. The third-order valence-corrected chi connectivity index (χ3v) is 5.44. The van der Waals surface area contributed by atoms with Gasteiger partial charge in [0.25, 0.3) is 5.91 Å². The van der Waals surface area contributed by atoms with E-state index in [-0.39, 0.29) is 27.0 Å². The first-order valence-corrected chi connectivity index (χ1v) is 9.67. The summed E-state index contributed by atoms with van der Waals surface area (Å²) in [4.78, 5) is 12.2. The summed E-state index contributed by atoms with van der Waals surface area (Å²) in [5.74, 6) is -0.491. The van der Waals surface area contributed by atoms with E-state index < -0.39 is 15.9 Å². The average molecular weight is 423 g/mol. The lowest BCUT2D eigenvalue weighted by molar-refractivity contribution is 0.0962. The van der Waals surface area contributed by atoms with E-state index in [2.05, 4.69) is 15.6 Å². The number of benzene rings is 2. The summed E-state index contributed by atoms with van der Waals surface area (Å²) < 4.78 is 26.1. The maximum absolute atomic E-state index is 12.1. The summed E-state index contributed by atoms with van der Waals surface area (Å²) >= 11 is 17.8. The van der Waals surface area contributed by atoms with E-state index in [4.69, 9.17) is 34.8 Å². The predicted octanol–water partition coefficient (Wildman–Crippen LogP) is 3.70. The lowest BCUT2D eigenvalue weighted by Gasteiger charge is -2.12. The van der Waals surface area contributed by atoms with Crippen molar-refractivity contribution in [2.24, 2.45) is 0 Å². The Labute approximate surface area is 160 Å². The molecule has 3 N–H and O–H groups in total. The Kier molecular flexibility index (Phi) is 6.53. The summed E-state index contributed by atoms with van der Waals surface area (Å²) in [5, 5.41) is 0.846. The van der Waals surface area contributed by atoms with Gasteiger partial charge in [0.15, 0.2) is 0 Å². The fourth-order valence-corrected chi connectivity index (χ4v) is 3.86. The van der Waals surface area contributed by atoms with Gasteiger partial charge in [0.2, 0.25) is 10.0 Å². The van der Waals surface area contributed by atoms with Crippen molar-refractivity contribution in [1.82, 2.24) is 10.1 Å². The molecule has 0 saturated carbocycles. The number of hydrazine groups is 1. The lowest BCUT2D eigenvalue weighted by Crippen LogP contribution is -2.29. The van der Waals surface area contributed by atoms with Crippen LogP contribution < -0.4 is 15.6 Å². The Morgan fingerprint density at radius 3 is 2.12 bits per heavy atom. The Morgan fingerprint density at radius 1 is 1.04 bits per heavy atom. The van der Waals surface area contributed by atoms with Crippen LogP contribution in [0.5, 0.6) is 0 Å². The maximum Gasteiger partial charge on any atom is 0.269 e. The summed E-state index contributed by atoms with van der Waals surface area (Å²) in [6.45, 7) is 1.95. The number of halogens is 3. The van der Waals surface area contributed by atoms with Crippen LogP contribution in [0.15, 0.2) is 41.3 Å². The Bertz CT molecular complexity index is 864. The van der Waals surface area contributed by atoms with Gasteiger partial charge in [-0.15, -0.1) is 0 Å². The van der Waals surface area contributed by atoms with Gasteiger partial charge in [-0.1, -0.05) is 41.7 Å². The highest BCUT2D eigenvalue weighted by molar-refractivity contribution is 7.89. The molecule has 25 heavy (non-hydrogen) atoms. The third kappa shape index (κ3) is 4.99. The van der Waals surface area contributed by atoms with Gasteiger partial charge in [-0.2, -0.15) is 0 Å². The van der Waals surface area contributed by atoms with Gasteiger partial charge in [-0.25, -0.2) is 13.1 Å². The fourth-order valence-electron chi connectivity index (χ4n) is 1.91. The van der Waals surface area contributed by atoms with Crippen LogP contribution in [0.1, 0.15) is 17.3 Å². The normalized spacial score (nSPS) is 11.2. The van der Waals surface area contributed by atoms with Gasteiger partial charge in [0.1, 0.15) is 0 Å². The zero-order valence-corrected chi connectivity index (χ0v) is 16.0. The molecule has 0 atom stereocenters. The van der Waals surface area contributed by atoms with Crippen molar-refractivity contribution in [3.05, 3.63) is 57.0 Å². The molecule has 0 saturated heterocycles. The predicted molar refractivity (Wildman–Crippen MR) is 99.9 cm³/mol.